The first-order chi connectivity index (χ1) is 10.7. The van der Waals surface area contributed by atoms with E-state index in [1.807, 2.05) is 17.5 Å². The maximum absolute atomic E-state index is 13.4. The zero-order chi connectivity index (χ0) is 15.4. The molecule has 7 heteroatoms. The van der Waals surface area contributed by atoms with Gasteiger partial charge in [-0.15, -0.1) is 11.3 Å². The quantitative estimate of drug-likeness (QED) is 0.782. The van der Waals surface area contributed by atoms with E-state index in [0.29, 0.717) is 13.0 Å². The van der Waals surface area contributed by atoms with Crippen LogP contribution in [0.3, 0.4) is 0 Å². The molecule has 0 amide bonds. The van der Waals surface area contributed by atoms with Gasteiger partial charge in [-0.25, -0.2) is 13.8 Å². The molecule has 0 atom stereocenters. The minimum Gasteiger partial charge on any atom is -0.380 e. The summed E-state index contributed by atoms with van der Waals surface area (Å²) in [5, 5.41) is 5.60. The van der Waals surface area contributed by atoms with Crippen LogP contribution in [0.4, 0.5) is 14.5 Å². The molecule has 0 saturated heterocycles. The van der Waals surface area contributed by atoms with Crippen molar-refractivity contribution >= 4 is 17.0 Å². The number of hydrogen-bond donors (Lipinski definition) is 1. The topological polar surface area (TPSA) is 50.7 Å². The van der Waals surface area contributed by atoms with Gasteiger partial charge in [-0.3, -0.25) is 9.97 Å². The summed E-state index contributed by atoms with van der Waals surface area (Å²) in [6.07, 6.45) is 5.97. The average molecular weight is 318 g/mol. The molecular weight excluding hydrogens is 306 g/mol. The molecule has 0 aliphatic rings. The molecule has 0 aliphatic carbocycles. The predicted molar refractivity (Wildman–Crippen MR) is 81.7 cm³/mol. The van der Waals surface area contributed by atoms with Crippen LogP contribution in [0.2, 0.25) is 0 Å². The smallest absolute Gasteiger partial charge is 0.167 e. The number of thiazole rings is 1. The highest BCUT2D eigenvalue weighted by Gasteiger charge is 2.09. The number of halogens is 2. The first-order valence-corrected chi connectivity index (χ1v) is 7.49. The average Bonchev–Trinajstić information content (AvgIpc) is 3.00. The van der Waals surface area contributed by atoms with Gasteiger partial charge in [-0.05, 0) is 12.1 Å². The first kappa shape index (κ1) is 14.5. The summed E-state index contributed by atoms with van der Waals surface area (Å²) in [7, 11) is 0. The van der Waals surface area contributed by atoms with Gasteiger partial charge in [0.1, 0.15) is 5.69 Å². The second-order valence-corrected chi connectivity index (χ2v) is 5.46. The summed E-state index contributed by atoms with van der Waals surface area (Å²) < 4.78 is 26.8. The summed E-state index contributed by atoms with van der Waals surface area (Å²) in [4.78, 5) is 11.9. The van der Waals surface area contributed by atoms with E-state index in [-0.39, 0.29) is 5.69 Å². The van der Waals surface area contributed by atoms with Crippen molar-refractivity contribution in [3.8, 4) is 11.3 Å². The van der Waals surface area contributed by atoms with Gasteiger partial charge in [-0.1, -0.05) is 0 Å². The Balaban J connectivity index is 1.62. The van der Waals surface area contributed by atoms with Crippen LogP contribution in [0.25, 0.3) is 11.3 Å². The van der Waals surface area contributed by atoms with Crippen molar-refractivity contribution < 1.29 is 8.78 Å². The molecule has 0 bridgehead atoms. The third-order valence-corrected chi connectivity index (χ3v) is 3.93. The van der Waals surface area contributed by atoms with Gasteiger partial charge >= 0.3 is 0 Å². The fraction of sp³-hybridized carbons (Fsp3) is 0.133. The zero-order valence-corrected chi connectivity index (χ0v) is 12.3. The van der Waals surface area contributed by atoms with Crippen LogP contribution in [-0.2, 0) is 6.42 Å². The molecule has 3 rings (SSSR count). The molecule has 0 radical (unpaired) electrons. The highest BCUT2D eigenvalue weighted by molar-refractivity contribution is 7.09. The van der Waals surface area contributed by atoms with Crippen molar-refractivity contribution in [2.45, 2.75) is 6.42 Å². The summed E-state index contributed by atoms with van der Waals surface area (Å²) in [6.45, 7) is 0.390. The third kappa shape index (κ3) is 3.25. The lowest BCUT2D eigenvalue weighted by atomic mass is 10.2. The predicted octanol–water partition coefficient (Wildman–Crippen LogP) is 3.53. The molecule has 0 saturated carbocycles. The molecule has 4 nitrogen and oxygen atoms in total. The lowest BCUT2D eigenvalue weighted by Gasteiger charge is -2.06. The standard InChI is InChI=1S/C15H12F2N4S/c16-11-7-19-8-12(17)15(11)20-6-3-14-21-13(9-22-14)10-1-4-18-5-2-10/h1-2,4-5,7-9H,3,6H2,(H,19,20). The van der Waals surface area contributed by atoms with E-state index in [4.69, 9.17) is 0 Å². The Hall–Kier alpha value is -2.41. The molecule has 0 spiro atoms. The summed E-state index contributed by atoms with van der Waals surface area (Å²) in [5.74, 6) is -1.40. The number of anilines is 1. The molecular formula is C15H12F2N4S. The Morgan fingerprint density at radius 1 is 1.05 bits per heavy atom. The number of hydrogen-bond acceptors (Lipinski definition) is 5. The Bertz CT molecular complexity index is 741. The van der Waals surface area contributed by atoms with Gasteiger partial charge in [0.15, 0.2) is 11.6 Å². The third-order valence-electron chi connectivity index (χ3n) is 3.02. The van der Waals surface area contributed by atoms with Gasteiger partial charge in [0.25, 0.3) is 0 Å². The van der Waals surface area contributed by atoms with Crippen molar-refractivity contribution in [2.75, 3.05) is 11.9 Å². The lowest BCUT2D eigenvalue weighted by Crippen LogP contribution is -2.08. The van der Waals surface area contributed by atoms with Crippen LogP contribution in [0.5, 0.6) is 0 Å². The Labute approximate surface area is 129 Å². The second-order valence-electron chi connectivity index (χ2n) is 4.52. The molecule has 0 unspecified atom stereocenters. The number of pyridine rings is 2. The minimum absolute atomic E-state index is 0.152. The monoisotopic (exact) mass is 318 g/mol. The lowest BCUT2D eigenvalue weighted by molar-refractivity contribution is 0.578. The molecule has 3 aromatic heterocycles. The van der Waals surface area contributed by atoms with Crippen molar-refractivity contribution in [3.63, 3.8) is 0 Å². The Kier molecular flexibility index (Phi) is 4.34. The Morgan fingerprint density at radius 3 is 2.50 bits per heavy atom. The largest absolute Gasteiger partial charge is 0.380 e. The van der Waals surface area contributed by atoms with E-state index >= 15 is 0 Å². The molecule has 0 aromatic carbocycles. The fourth-order valence-corrected chi connectivity index (χ4v) is 2.76. The molecule has 3 heterocycles. The van der Waals surface area contributed by atoms with Crippen molar-refractivity contribution in [1.82, 2.24) is 15.0 Å². The van der Waals surface area contributed by atoms with E-state index < -0.39 is 11.6 Å². The van der Waals surface area contributed by atoms with E-state index in [9.17, 15) is 8.78 Å². The van der Waals surface area contributed by atoms with Crippen LogP contribution in [-0.4, -0.2) is 21.5 Å². The molecule has 112 valence electrons. The van der Waals surface area contributed by atoms with Crippen molar-refractivity contribution in [3.05, 3.63) is 58.9 Å². The summed E-state index contributed by atoms with van der Waals surface area (Å²) in [5.41, 5.74) is 1.72. The molecule has 3 aromatic rings. The van der Waals surface area contributed by atoms with Gasteiger partial charge in [-0.2, -0.15) is 0 Å². The number of rotatable bonds is 5. The van der Waals surface area contributed by atoms with Crippen LogP contribution >= 0.6 is 11.3 Å². The van der Waals surface area contributed by atoms with Crippen LogP contribution < -0.4 is 5.32 Å². The summed E-state index contributed by atoms with van der Waals surface area (Å²) in [6, 6.07) is 3.78. The number of nitrogens with zero attached hydrogens (tertiary/aromatic N) is 3. The maximum Gasteiger partial charge on any atom is 0.167 e. The highest BCUT2D eigenvalue weighted by atomic mass is 32.1. The van der Waals surface area contributed by atoms with Gasteiger partial charge in [0, 0.05) is 36.3 Å². The maximum atomic E-state index is 13.4. The molecule has 0 aliphatic heterocycles. The van der Waals surface area contributed by atoms with Crippen LogP contribution in [0.15, 0.2) is 42.3 Å². The van der Waals surface area contributed by atoms with Crippen LogP contribution in [0, 0.1) is 11.6 Å². The van der Waals surface area contributed by atoms with E-state index in [1.165, 1.54) is 11.3 Å². The van der Waals surface area contributed by atoms with E-state index in [0.717, 1.165) is 28.7 Å². The van der Waals surface area contributed by atoms with Crippen molar-refractivity contribution in [1.29, 1.82) is 0 Å². The van der Waals surface area contributed by atoms with Gasteiger partial charge in [0.2, 0.25) is 0 Å². The van der Waals surface area contributed by atoms with E-state index in [1.54, 1.807) is 12.4 Å². The molecule has 22 heavy (non-hydrogen) atoms. The number of nitrogens with one attached hydrogen (secondary N) is 1. The highest BCUT2D eigenvalue weighted by Crippen LogP contribution is 2.22. The normalized spacial score (nSPS) is 10.6. The zero-order valence-electron chi connectivity index (χ0n) is 11.5. The molecule has 0 fully saturated rings. The SMILES string of the molecule is Fc1cncc(F)c1NCCc1nc(-c2ccncc2)cs1. The number of aromatic nitrogens is 3. The van der Waals surface area contributed by atoms with Gasteiger partial charge < -0.3 is 5.32 Å². The van der Waals surface area contributed by atoms with Crippen molar-refractivity contribution in [2.24, 2.45) is 0 Å². The fourth-order valence-electron chi connectivity index (χ4n) is 1.96. The summed E-state index contributed by atoms with van der Waals surface area (Å²) >= 11 is 1.52. The van der Waals surface area contributed by atoms with E-state index in [2.05, 4.69) is 20.3 Å². The second kappa shape index (κ2) is 6.57. The Morgan fingerprint density at radius 2 is 1.77 bits per heavy atom. The minimum atomic E-state index is -0.698. The van der Waals surface area contributed by atoms with Crippen LogP contribution in [0.1, 0.15) is 5.01 Å². The molecule has 1 N–H and O–H groups in total. The van der Waals surface area contributed by atoms with Gasteiger partial charge in [0.05, 0.1) is 23.1 Å². The first-order valence-electron chi connectivity index (χ1n) is 6.61.